The lowest BCUT2D eigenvalue weighted by Crippen LogP contribution is -2.54. The van der Waals surface area contributed by atoms with Gasteiger partial charge in [0, 0.05) is 0 Å². The number of ether oxygens (including phenoxy) is 1. The van der Waals surface area contributed by atoms with Crippen LogP contribution in [0.15, 0.2) is 42.0 Å². The van der Waals surface area contributed by atoms with Gasteiger partial charge >= 0.3 is 12.2 Å². The number of methoxy groups -OCH3 is 1. The van der Waals surface area contributed by atoms with Crippen LogP contribution < -0.4 is 15.0 Å². The summed E-state index contributed by atoms with van der Waals surface area (Å²) in [5.74, 6) is -1.81. The van der Waals surface area contributed by atoms with Crippen molar-refractivity contribution >= 4 is 52.8 Å². The fraction of sp³-hybridized carbons (Fsp3) is 0.105. The third-order valence-corrected chi connectivity index (χ3v) is 4.72. The predicted molar refractivity (Wildman–Crippen MR) is 103 cm³/mol. The molecule has 6 nitrogen and oxygen atoms in total. The maximum absolute atomic E-state index is 13.1. The zero-order chi connectivity index (χ0) is 22.2. The van der Waals surface area contributed by atoms with E-state index in [-0.39, 0.29) is 10.0 Å². The number of carbonyl (C=O) groups excluding carboxylic acids is 3. The first-order valence-electron chi connectivity index (χ1n) is 8.14. The van der Waals surface area contributed by atoms with Crippen molar-refractivity contribution in [1.82, 2.24) is 5.32 Å². The van der Waals surface area contributed by atoms with Gasteiger partial charge in [-0.25, -0.2) is 9.69 Å². The van der Waals surface area contributed by atoms with E-state index >= 15 is 0 Å². The number of alkyl halides is 3. The van der Waals surface area contributed by atoms with Crippen molar-refractivity contribution in [2.45, 2.75) is 6.18 Å². The summed E-state index contributed by atoms with van der Waals surface area (Å²) >= 11 is 12.0. The minimum absolute atomic E-state index is 0.198. The molecular formula is C19H11Cl2F3N2O4. The Bertz CT molecular complexity index is 1100. The van der Waals surface area contributed by atoms with Crippen LogP contribution >= 0.6 is 23.2 Å². The second-order valence-electron chi connectivity index (χ2n) is 6.02. The van der Waals surface area contributed by atoms with Gasteiger partial charge in [-0.05, 0) is 42.0 Å². The molecular weight excluding hydrogens is 448 g/mol. The van der Waals surface area contributed by atoms with Crippen molar-refractivity contribution in [2.24, 2.45) is 0 Å². The Morgan fingerprint density at radius 1 is 1.03 bits per heavy atom. The van der Waals surface area contributed by atoms with E-state index in [1.165, 1.54) is 25.3 Å². The van der Waals surface area contributed by atoms with Crippen LogP contribution in [0.2, 0.25) is 10.0 Å². The largest absolute Gasteiger partial charge is 0.495 e. The first-order valence-corrected chi connectivity index (χ1v) is 8.90. The predicted octanol–water partition coefficient (Wildman–Crippen LogP) is 4.69. The van der Waals surface area contributed by atoms with E-state index in [0.29, 0.717) is 28.3 Å². The lowest BCUT2D eigenvalue weighted by molar-refractivity contribution is -0.137. The summed E-state index contributed by atoms with van der Waals surface area (Å²) in [5, 5.41) is 1.83. The number of halogens is 5. The van der Waals surface area contributed by atoms with Gasteiger partial charge in [-0.2, -0.15) is 13.2 Å². The molecule has 1 heterocycles. The van der Waals surface area contributed by atoms with Gasteiger partial charge in [-0.3, -0.25) is 14.9 Å². The van der Waals surface area contributed by atoms with Crippen LogP contribution in [0.25, 0.3) is 6.08 Å². The standard InChI is InChI=1S/C19H11Cl2F3N2O4/c1-30-15-5-2-9(7-13(15)21)6-11-16(27)25-18(29)26(17(11)28)14-8-10(19(22,23)24)3-4-12(14)20/h2-8H,1H3,(H,25,27,29)/b11-6-. The minimum atomic E-state index is -4.73. The highest BCUT2D eigenvalue weighted by atomic mass is 35.5. The zero-order valence-corrected chi connectivity index (χ0v) is 16.5. The first kappa shape index (κ1) is 21.7. The van der Waals surface area contributed by atoms with Crippen molar-refractivity contribution in [2.75, 3.05) is 12.0 Å². The van der Waals surface area contributed by atoms with E-state index in [1.807, 2.05) is 5.32 Å². The number of nitrogens with one attached hydrogen (secondary N) is 1. The van der Waals surface area contributed by atoms with Crippen molar-refractivity contribution in [3.8, 4) is 5.75 Å². The maximum atomic E-state index is 13.1. The van der Waals surface area contributed by atoms with Gasteiger partial charge in [-0.1, -0.05) is 29.3 Å². The van der Waals surface area contributed by atoms with Gasteiger partial charge in [0.2, 0.25) is 0 Å². The Balaban J connectivity index is 2.06. The van der Waals surface area contributed by atoms with Crippen LogP contribution in [0.5, 0.6) is 5.75 Å². The molecule has 0 aromatic heterocycles. The molecule has 0 saturated carbocycles. The van der Waals surface area contributed by atoms with Gasteiger partial charge in [0.05, 0.1) is 28.4 Å². The molecule has 2 aromatic rings. The number of amides is 4. The number of hydrogen-bond donors (Lipinski definition) is 1. The monoisotopic (exact) mass is 458 g/mol. The molecule has 2 aromatic carbocycles. The van der Waals surface area contributed by atoms with Gasteiger partial charge < -0.3 is 4.74 Å². The number of nitrogens with zero attached hydrogens (tertiary/aromatic N) is 1. The van der Waals surface area contributed by atoms with Crippen LogP contribution in [0.4, 0.5) is 23.7 Å². The third-order valence-electron chi connectivity index (χ3n) is 4.10. The highest BCUT2D eigenvalue weighted by molar-refractivity contribution is 6.42. The van der Waals surface area contributed by atoms with E-state index in [0.717, 1.165) is 12.1 Å². The summed E-state index contributed by atoms with van der Waals surface area (Å²) in [6.45, 7) is 0. The third kappa shape index (κ3) is 4.12. The molecule has 30 heavy (non-hydrogen) atoms. The van der Waals surface area contributed by atoms with Crippen molar-refractivity contribution in [3.63, 3.8) is 0 Å². The quantitative estimate of drug-likeness (QED) is 0.534. The van der Waals surface area contributed by atoms with E-state index in [9.17, 15) is 27.6 Å². The van der Waals surface area contributed by atoms with E-state index < -0.39 is 40.8 Å². The lowest BCUT2D eigenvalue weighted by Gasteiger charge is -2.27. The fourth-order valence-corrected chi connectivity index (χ4v) is 3.14. The summed E-state index contributed by atoms with van der Waals surface area (Å²) in [6, 6.07) is 5.34. The molecule has 11 heteroatoms. The average molecular weight is 459 g/mol. The molecule has 1 saturated heterocycles. The van der Waals surface area contributed by atoms with Crippen molar-refractivity contribution in [1.29, 1.82) is 0 Å². The molecule has 1 fully saturated rings. The zero-order valence-electron chi connectivity index (χ0n) is 15.0. The van der Waals surface area contributed by atoms with Crippen LogP contribution in [0, 0.1) is 0 Å². The summed E-state index contributed by atoms with van der Waals surface area (Å²) in [4.78, 5) is 37.7. The minimum Gasteiger partial charge on any atom is -0.495 e. The number of barbiturate groups is 1. The molecule has 0 atom stereocenters. The van der Waals surface area contributed by atoms with Crippen LogP contribution in [-0.2, 0) is 15.8 Å². The summed E-state index contributed by atoms with van der Waals surface area (Å²) in [6.07, 6.45) is -3.59. The molecule has 3 rings (SSSR count). The van der Waals surface area contributed by atoms with Gasteiger partial charge in [0.15, 0.2) is 0 Å². The van der Waals surface area contributed by atoms with Crippen LogP contribution in [0.1, 0.15) is 11.1 Å². The van der Waals surface area contributed by atoms with Gasteiger partial charge in [0.1, 0.15) is 11.3 Å². The Kier molecular flexibility index (Phi) is 5.78. The normalized spacial score (nSPS) is 16.1. The Morgan fingerprint density at radius 2 is 1.73 bits per heavy atom. The molecule has 0 unspecified atom stereocenters. The average Bonchev–Trinajstić information content (AvgIpc) is 2.65. The number of imide groups is 2. The molecule has 0 bridgehead atoms. The summed E-state index contributed by atoms with van der Waals surface area (Å²) < 4.78 is 44.2. The molecule has 156 valence electrons. The molecule has 0 radical (unpaired) electrons. The number of hydrogen-bond acceptors (Lipinski definition) is 4. The van der Waals surface area contributed by atoms with Crippen LogP contribution in [-0.4, -0.2) is 25.0 Å². The topological polar surface area (TPSA) is 75.7 Å². The van der Waals surface area contributed by atoms with Gasteiger partial charge in [-0.15, -0.1) is 0 Å². The second-order valence-corrected chi connectivity index (χ2v) is 6.83. The molecule has 0 spiro atoms. The highest BCUT2D eigenvalue weighted by Gasteiger charge is 2.39. The maximum Gasteiger partial charge on any atom is 0.416 e. The Labute approximate surface area is 177 Å². The number of benzene rings is 2. The molecule has 1 N–H and O–H groups in total. The number of anilines is 1. The molecule has 4 amide bonds. The van der Waals surface area contributed by atoms with E-state index in [2.05, 4.69) is 0 Å². The van der Waals surface area contributed by atoms with E-state index in [4.69, 9.17) is 27.9 Å². The highest BCUT2D eigenvalue weighted by Crippen LogP contribution is 2.36. The Hall–Kier alpha value is -3.04. The van der Waals surface area contributed by atoms with E-state index in [1.54, 1.807) is 0 Å². The summed E-state index contributed by atoms with van der Waals surface area (Å²) in [5.41, 5.74) is -1.81. The molecule has 1 aliphatic rings. The SMILES string of the molecule is COc1ccc(/C=C2/C(=O)NC(=O)N(c3cc(C(F)(F)F)ccc3Cl)C2=O)cc1Cl. The van der Waals surface area contributed by atoms with Gasteiger partial charge in [0.25, 0.3) is 11.8 Å². The number of carbonyl (C=O) groups is 3. The van der Waals surface area contributed by atoms with Crippen molar-refractivity contribution < 1.29 is 32.3 Å². The Morgan fingerprint density at radius 3 is 2.33 bits per heavy atom. The summed E-state index contributed by atoms with van der Waals surface area (Å²) in [7, 11) is 1.40. The molecule has 1 aliphatic heterocycles. The lowest BCUT2D eigenvalue weighted by atomic mass is 10.1. The first-order chi connectivity index (χ1) is 14.0. The number of rotatable bonds is 3. The fourth-order valence-electron chi connectivity index (χ4n) is 2.68. The van der Waals surface area contributed by atoms with Crippen molar-refractivity contribution in [3.05, 3.63) is 63.1 Å². The second kappa shape index (κ2) is 8.00. The smallest absolute Gasteiger partial charge is 0.416 e. The van der Waals surface area contributed by atoms with Crippen LogP contribution in [0.3, 0.4) is 0 Å². The number of urea groups is 1. The molecule has 0 aliphatic carbocycles.